The normalized spacial score (nSPS) is 12.3. The largest absolute Gasteiger partial charge is 0.387 e. The molecule has 7 heteroatoms. The zero-order valence-electron chi connectivity index (χ0n) is 11.9. The molecule has 1 aromatic heterocycles. The molecule has 0 bridgehead atoms. The van der Waals surface area contributed by atoms with E-state index in [1.807, 2.05) is 12.1 Å². The van der Waals surface area contributed by atoms with Crippen LogP contribution in [0.5, 0.6) is 0 Å². The number of halogens is 2. The second kappa shape index (κ2) is 7.12. The molecule has 23 heavy (non-hydrogen) atoms. The van der Waals surface area contributed by atoms with Gasteiger partial charge in [-0.15, -0.1) is 5.10 Å². The number of aliphatic hydroxyl groups excluding tert-OH is 1. The van der Waals surface area contributed by atoms with Gasteiger partial charge in [-0.1, -0.05) is 41.6 Å². The molecule has 118 valence electrons. The molecule has 1 atom stereocenters. The maximum absolute atomic E-state index is 13.6. The predicted molar refractivity (Wildman–Crippen MR) is 88.9 cm³/mol. The molecule has 2 aromatic carbocycles. The van der Waals surface area contributed by atoms with Gasteiger partial charge in [0.1, 0.15) is 5.82 Å². The number of hydrogen-bond acceptors (Lipinski definition) is 4. The molecular formula is C16H13ClFN3OS. The van der Waals surface area contributed by atoms with Crippen molar-refractivity contribution in [1.29, 1.82) is 0 Å². The first-order valence-electron chi connectivity index (χ1n) is 6.87. The molecule has 0 amide bonds. The zero-order valence-corrected chi connectivity index (χ0v) is 13.5. The van der Waals surface area contributed by atoms with Crippen LogP contribution in [0.2, 0.25) is 5.02 Å². The molecule has 1 heterocycles. The Bertz CT molecular complexity index is 794. The first-order valence-corrected chi connectivity index (χ1v) is 8.23. The topological polar surface area (TPSA) is 61.8 Å². The minimum atomic E-state index is -0.918. The molecular weight excluding hydrogens is 337 g/mol. The van der Waals surface area contributed by atoms with E-state index < -0.39 is 11.9 Å². The molecule has 0 aliphatic rings. The molecule has 0 saturated carbocycles. The van der Waals surface area contributed by atoms with Gasteiger partial charge < -0.3 is 5.11 Å². The van der Waals surface area contributed by atoms with E-state index in [2.05, 4.69) is 15.2 Å². The van der Waals surface area contributed by atoms with Gasteiger partial charge in [-0.25, -0.2) is 9.37 Å². The van der Waals surface area contributed by atoms with Gasteiger partial charge in [0, 0.05) is 21.9 Å². The van der Waals surface area contributed by atoms with Crippen molar-refractivity contribution in [3.63, 3.8) is 0 Å². The second-order valence-electron chi connectivity index (χ2n) is 4.82. The fraction of sp³-hybridized carbons (Fsp3) is 0.125. The Kier molecular flexibility index (Phi) is 4.95. The van der Waals surface area contributed by atoms with Crippen molar-refractivity contribution in [2.24, 2.45) is 0 Å². The van der Waals surface area contributed by atoms with Crippen molar-refractivity contribution in [2.75, 3.05) is 5.75 Å². The van der Waals surface area contributed by atoms with Crippen molar-refractivity contribution in [1.82, 2.24) is 15.2 Å². The minimum Gasteiger partial charge on any atom is -0.387 e. The van der Waals surface area contributed by atoms with E-state index in [-0.39, 0.29) is 11.3 Å². The zero-order chi connectivity index (χ0) is 16.2. The highest BCUT2D eigenvalue weighted by Gasteiger charge is 2.14. The summed E-state index contributed by atoms with van der Waals surface area (Å²) in [4.78, 5) is 4.35. The fourth-order valence-electron chi connectivity index (χ4n) is 2.04. The standard InChI is InChI=1S/C16H13ClFN3OS/c17-11-7-5-10(6-8-11)15-19-16(21-20-15)23-9-14(22)12-3-1-2-4-13(12)18/h1-8,14,22H,9H2,(H,19,20,21). The van der Waals surface area contributed by atoms with Crippen LogP contribution < -0.4 is 0 Å². The number of aromatic nitrogens is 3. The Morgan fingerprint density at radius 3 is 2.65 bits per heavy atom. The van der Waals surface area contributed by atoms with Gasteiger partial charge in [0.15, 0.2) is 5.82 Å². The average molecular weight is 350 g/mol. The lowest BCUT2D eigenvalue weighted by molar-refractivity contribution is 0.199. The van der Waals surface area contributed by atoms with E-state index in [0.717, 1.165) is 5.56 Å². The first kappa shape index (κ1) is 16.0. The molecule has 0 spiro atoms. The number of nitrogens with zero attached hydrogens (tertiary/aromatic N) is 2. The van der Waals surface area contributed by atoms with Crippen molar-refractivity contribution < 1.29 is 9.50 Å². The third-order valence-electron chi connectivity index (χ3n) is 3.22. The van der Waals surface area contributed by atoms with E-state index in [1.54, 1.807) is 30.3 Å². The van der Waals surface area contributed by atoms with Gasteiger partial charge in [-0.05, 0) is 30.3 Å². The van der Waals surface area contributed by atoms with Crippen molar-refractivity contribution in [3.8, 4) is 11.4 Å². The van der Waals surface area contributed by atoms with E-state index in [1.165, 1.54) is 17.8 Å². The number of aromatic amines is 1. The summed E-state index contributed by atoms with van der Waals surface area (Å²) in [6.45, 7) is 0. The van der Waals surface area contributed by atoms with Crippen LogP contribution in [0.3, 0.4) is 0 Å². The van der Waals surface area contributed by atoms with Crippen LogP contribution in [0.1, 0.15) is 11.7 Å². The molecule has 3 aromatic rings. The fourth-order valence-corrected chi connectivity index (χ4v) is 2.91. The van der Waals surface area contributed by atoms with E-state index in [9.17, 15) is 9.50 Å². The van der Waals surface area contributed by atoms with Gasteiger partial charge in [0.05, 0.1) is 6.10 Å². The molecule has 0 radical (unpaired) electrons. The van der Waals surface area contributed by atoms with Crippen LogP contribution in [0.25, 0.3) is 11.4 Å². The lowest BCUT2D eigenvalue weighted by atomic mass is 10.1. The van der Waals surface area contributed by atoms with Gasteiger partial charge >= 0.3 is 0 Å². The summed E-state index contributed by atoms with van der Waals surface area (Å²) in [5, 5.41) is 18.1. The van der Waals surface area contributed by atoms with Crippen LogP contribution in [-0.4, -0.2) is 26.0 Å². The highest BCUT2D eigenvalue weighted by Crippen LogP contribution is 2.25. The predicted octanol–water partition coefficient (Wildman–Crippen LogP) is 4.09. The second-order valence-corrected chi connectivity index (χ2v) is 6.25. The highest BCUT2D eigenvalue weighted by atomic mass is 35.5. The average Bonchev–Trinajstić information content (AvgIpc) is 3.03. The summed E-state index contributed by atoms with van der Waals surface area (Å²) >= 11 is 7.11. The third-order valence-corrected chi connectivity index (χ3v) is 4.39. The molecule has 1 unspecified atom stereocenters. The number of H-pyrrole nitrogens is 1. The molecule has 0 aliphatic carbocycles. The molecule has 0 aliphatic heterocycles. The van der Waals surface area contributed by atoms with Crippen LogP contribution in [0.15, 0.2) is 53.7 Å². The van der Waals surface area contributed by atoms with Crippen LogP contribution in [-0.2, 0) is 0 Å². The highest BCUT2D eigenvalue weighted by molar-refractivity contribution is 7.99. The molecule has 4 nitrogen and oxygen atoms in total. The number of benzene rings is 2. The Morgan fingerprint density at radius 2 is 1.91 bits per heavy atom. The minimum absolute atomic E-state index is 0.263. The first-order chi connectivity index (χ1) is 11.1. The van der Waals surface area contributed by atoms with Crippen LogP contribution in [0.4, 0.5) is 4.39 Å². The van der Waals surface area contributed by atoms with Gasteiger partial charge in [-0.3, -0.25) is 5.10 Å². The molecule has 2 N–H and O–H groups in total. The number of aliphatic hydroxyl groups is 1. The summed E-state index contributed by atoms with van der Waals surface area (Å²) in [7, 11) is 0. The Morgan fingerprint density at radius 1 is 1.17 bits per heavy atom. The van der Waals surface area contributed by atoms with Crippen LogP contribution >= 0.6 is 23.4 Å². The smallest absolute Gasteiger partial charge is 0.208 e. The third kappa shape index (κ3) is 3.90. The summed E-state index contributed by atoms with van der Waals surface area (Å²) in [5.41, 5.74) is 1.14. The summed E-state index contributed by atoms with van der Waals surface area (Å²) in [6.07, 6.45) is -0.918. The van der Waals surface area contributed by atoms with Crippen LogP contribution in [0, 0.1) is 5.82 Å². The van der Waals surface area contributed by atoms with E-state index in [4.69, 9.17) is 11.6 Å². The van der Waals surface area contributed by atoms with Crippen molar-refractivity contribution >= 4 is 23.4 Å². The maximum Gasteiger partial charge on any atom is 0.208 e. The SMILES string of the molecule is OC(CSc1n[nH]c(-c2ccc(Cl)cc2)n1)c1ccccc1F. The number of hydrogen-bond donors (Lipinski definition) is 2. The van der Waals surface area contributed by atoms with Crippen molar-refractivity contribution in [3.05, 3.63) is 64.9 Å². The monoisotopic (exact) mass is 349 g/mol. The Balaban J connectivity index is 1.65. The maximum atomic E-state index is 13.6. The van der Waals surface area contributed by atoms with Crippen molar-refractivity contribution in [2.45, 2.75) is 11.3 Å². The number of thioether (sulfide) groups is 1. The van der Waals surface area contributed by atoms with E-state index in [0.29, 0.717) is 16.0 Å². The molecule has 3 rings (SSSR count). The number of rotatable bonds is 5. The van der Waals surface area contributed by atoms with E-state index >= 15 is 0 Å². The summed E-state index contributed by atoms with van der Waals surface area (Å²) in [5.74, 6) is 0.459. The van der Waals surface area contributed by atoms with Gasteiger partial charge in [0.25, 0.3) is 0 Å². The number of nitrogens with one attached hydrogen (secondary N) is 1. The quantitative estimate of drug-likeness (QED) is 0.681. The Hall–Kier alpha value is -1.89. The van der Waals surface area contributed by atoms with Gasteiger partial charge in [0.2, 0.25) is 5.16 Å². The lowest BCUT2D eigenvalue weighted by Gasteiger charge is -2.09. The Labute approximate surface area is 141 Å². The summed E-state index contributed by atoms with van der Waals surface area (Å²) in [6, 6.07) is 13.4. The molecule has 0 saturated heterocycles. The van der Waals surface area contributed by atoms with Gasteiger partial charge in [-0.2, -0.15) is 0 Å². The summed E-state index contributed by atoms with van der Waals surface area (Å²) < 4.78 is 13.6. The molecule has 0 fully saturated rings. The lowest BCUT2D eigenvalue weighted by Crippen LogP contribution is -2.03.